The molecule has 0 radical (unpaired) electrons. The summed E-state index contributed by atoms with van der Waals surface area (Å²) in [5.74, 6) is -1.33. The fourth-order valence-corrected chi connectivity index (χ4v) is 5.82. The van der Waals surface area contributed by atoms with Gasteiger partial charge in [0, 0.05) is 60.1 Å². The number of halogens is 1. The average Bonchev–Trinajstić information content (AvgIpc) is 3.63. The number of nitrogens with zero attached hydrogens (tertiary/aromatic N) is 2. The van der Waals surface area contributed by atoms with E-state index in [1.54, 1.807) is 30.3 Å². The fourth-order valence-electron chi connectivity index (χ4n) is 5.57. The minimum Gasteiger partial charge on any atom is -0.662 e. The van der Waals surface area contributed by atoms with Crippen LogP contribution in [0.3, 0.4) is 0 Å². The molecule has 6 amide bonds. The molecule has 0 saturated carbocycles. The van der Waals surface area contributed by atoms with Gasteiger partial charge in [-0.2, -0.15) is 0 Å². The molecule has 2 fully saturated rings. The molecule has 0 spiro atoms. The van der Waals surface area contributed by atoms with E-state index in [-0.39, 0.29) is 120 Å². The Morgan fingerprint density at radius 3 is 1.71 bits per heavy atom. The Kier molecular flexibility index (Phi) is 19.6. The first-order valence-electron chi connectivity index (χ1n) is 15.9. The minimum atomic E-state index is -0.642. The van der Waals surface area contributed by atoms with Gasteiger partial charge in [0.1, 0.15) is 23.6 Å². The molecule has 19 heteroatoms. The number of aromatic hydroxyl groups is 1. The summed E-state index contributed by atoms with van der Waals surface area (Å²) >= 11 is 3.15. The van der Waals surface area contributed by atoms with Crippen molar-refractivity contribution in [2.24, 2.45) is 0 Å². The molecule has 2 unspecified atom stereocenters. The van der Waals surface area contributed by atoms with Gasteiger partial charge in [-0.05, 0) is 43.5 Å². The first-order valence-corrected chi connectivity index (χ1v) is 17.0. The molecule has 2 aromatic rings. The van der Waals surface area contributed by atoms with Crippen LogP contribution in [0.1, 0.15) is 70.4 Å². The molecule has 4 heterocycles. The number of aliphatic hydroxyl groups excluding tert-OH is 2. The van der Waals surface area contributed by atoms with Gasteiger partial charge in [-0.25, -0.2) is 0 Å². The van der Waals surface area contributed by atoms with Crippen LogP contribution in [0.15, 0.2) is 36.4 Å². The zero-order chi connectivity index (χ0) is 37.5. The van der Waals surface area contributed by atoms with E-state index in [2.05, 4.69) is 31.5 Å². The topological polar surface area (TPSA) is 252 Å². The average molecular weight is 818 g/mol. The third kappa shape index (κ3) is 11.9. The summed E-state index contributed by atoms with van der Waals surface area (Å²) in [7, 11) is 0. The zero-order valence-corrected chi connectivity index (χ0v) is 33.1. The van der Waals surface area contributed by atoms with Crippen molar-refractivity contribution >= 4 is 57.8 Å². The van der Waals surface area contributed by atoms with Crippen molar-refractivity contribution in [3.8, 4) is 11.5 Å². The second-order valence-corrected chi connectivity index (χ2v) is 12.1. The van der Waals surface area contributed by atoms with Crippen LogP contribution in [0.4, 0.5) is 0 Å². The predicted molar refractivity (Wildman–Crippen MR) is 176 cm³/mol. The molecular formula is C33H38BrKN4O13. The van der Waals surface area contributed by atoms with Crippen LogP contribution in [0.5, 0.6) is 11.5 Å². The van der Waals surface area contributed by atoms with Gasteiger partial charge in [-0.1, -0.05) is 28.1 Å². The van der Waals surface area contributed by atoms with E-state index >= 15 is 0 Å². The molecule has 52 heavy (non-hydrogen) atoms. The van der Waals surface area contributed by atoms with Gasteiger partial charge in [0.15, 0.2) is 0 Å². The largest absolute Gasteiger partial charge is 1.00 e. The van der Waals surface area contributed by atoms with Crippen LogP contribution in [-0.2, 0) is 41.9 Å². The molecule has 17 nitrogen and oxygen atoms in total. The first kappa shape index (κ1) is 44.9. The second-order valence-electron chi connectivity index (χ2n) is 11.3. The van der Waals surface area contributed by atoms with Crippen LogP contribution in [0, 0.1) is 0 Å². The van der Waals surface area contributed by atoms with E-state index in [1.165, 1.54) is 15.9 Å². The number of fused-ring (bicyclic) bond motifs is 2. The quantitative estimate of drug-likeness (QED) is 0.0315. The number of piperidine rings is 2. The normalized spacial score (nSPS) is 18.5. The van der Waals surface area contributed by atoms with E-state index < -0.39 is 23.9 Å². The molecular weight excluding hydrogens is 779 g/mol. The number of nitrogens with one attached hydrogen (secondary N) is 2. The Balaban J connectivity index is 0.000000291. The Morgan fingerprint density at radius 2 is 1.29 bits per heavy atom. The van der Waals surface area contributed by atoms with Crippen molar-refractivity contribution in [1.29, 1.82) is 0 Å². The van der Waals surface area contributed by atoms with Crippen molar-refractivity contribution in [2.45, 2.75) is 63.7 Å². The third-order valence-corrected chi connectivity index (χ3v) is 8.55. The Bertz CT molecular complexity index is 1610. The third-order valence-electron chi connectivity index (χ3n) is 7.99. The van der Waals surface area contributed by atoms with Crippen molar-refractivity contribution < 1.29 is 115 Å². The summed E-state index contributed by atoms with van der Waals surface area (Å²) < 4.78 is 5.62. The van der Waals surface area contributed by atoms with Crippen LogP contribution >= 0.6 is 15.9 Å². The van der Waals surface area contributed by atoms with Crippen molar-refractivity contribution in [3.63, 3.8) is 0 Å². The van der Waals surface area contributed by atoms with E-state index in [0.29, 0.717) is 54.9 Å². The summed E-state index contributed by atoms with van der Waals surface area (Å²) in [4.78, 5) is 85.1. The van der Waals surface area contributed by atoms with Crippen molar-refractivity contribution in [2.75, 3.05) is 25.2 Å². The van der Waals surface area contributed by atoms with E-state index in [1.807, 2.05) is 0 Å². The van der Waals surface area contributed by atoms with Crippen molar-refractivity contribution in [1.82, 2.24) is 20.4 Å². The fraction of sp³-hybridized carbons (Fsp3) is 0.424. The summed E-state index contributed by atoms with van der Waals surface area (Å²) in [6, 6.07) is 8.69. The predicted octanol–water partition coefficient (Wildman–Crippen LogP) is -3.44. The number of phenols is 1. The van der Waals surface area contributed by atoms with E-state index in [9.17, 15) is 33.9 Å². The van der Waals surface area contributed by atoms with Gasteiger partial charge >= 0.3 is 51.4 Å². The number of hydrogen-bond donors (Lipinski definition) is 5. The van der Waals surface area contributed by atoms with E-state index in [0.717, 1.165) is 17.3 Å². The molecule has 2 aromatic carbocycles. The number of amides is 6. The molecule has 0 aromatic heterocycles. The molecule has 0 aliphatic carbocycles. The maximum Gasteiger partial charge on any atom is 1.00 e. The Morgan fingerprint density at radius 1 is 0.808 bits per heavy atom. The second kappa shape index (κ2) is 22.7. The number of rotatable bonds is 9. The van der Waals surface area contributed by atoms with Crippen LogP contribution in [0.2, 0.25) is 0 Å². The minimum absolute atomic E-state index is 0. The summed E-state index contributed by atoms with van der Waals surface area (Å²) in [6.45, 7) is 1.00. The van der Waals surface area contributed by atoms with Gasteiger partial charge in [-0.15, -0.1) is 0 Å². The van der Waals surface area contributed by atoms with Gasteiger partial charge in [0.05, 0.1) is 19.7 Å². The molecule has 6 rings (SSSR count). The molecule has 276 valence electrons. The van der Waals surface area contributed by atoms with E-state index in [4.69, 9.17) is 25.0 Å². The SMILES string of the molecule is O=C1CCC(N2Cc3c(O)cccc3C2=O)C(=O)N1.O=C1CCC(N2Cc3c(OCCCO)cccc3C2=O)C(=O)N1.O=CO[O-].OCCCBr.[K+]. The number of phenolic OH excluding ortho intramolecular Hbond substituents is 1. The smallest absolute Gasteiger partial charge is 0.662 e. The number of carbonyl (C=O) groups is 7. The van der Waals surface area contributed by atoms with Gasteiger partial charge in [0.25, 0.3) is 18.3 Å². The van der Waals surface area contributed by atoms with Gasteiger partial charge in [0.2, 0.25) is 23.6 Å². The standard InChI is InChI=1S/C16H18N2O5.C13H12N2O4.C3H7BrO.CH2O3.K/c19-7-2-8-23-13-4-1-3-10-11(13)9-18(16(10)22)12-5-6-14(20)17-15(12)21;16-10-3-1-2-7-8(10)6-15(13(7)19)9-4-5-11(17)14-12(9)18;4-2-1-3-5;2-1-4-3;/h1,3-4,12,19H,2,5-9H2,(H,17,20,21);1-3,9,16H,4-6H2,(H,14,17,18);5H,1-3H2;1,3H;/q;;;;+1/p-1. The Labute approximate surface area is 349 Å². The maximum atomic E-state index is 12.6. The summed E-state index contributed by atoms with van der Waals surface area (Å²) in [6.07, 6.45) is 2.49. The summed E-state index contributed by atoms with van der Waals surface area (Å²) in [5, 5.41) is 40.5. The summed E-state index contributed by atoms with van der Waals surface area (Å²) in [5.41, 5.74) is 2.23. The molecule has 2 saturated heterocycles. The molecule has 4 aliphatic heterocycles. The number of benzene rings is 2. The zero-order valence-electron chi connectivity index (χ0n) is 28.4. The van der Waals surface area contributed by atoms with Gasteiger partial charge in [-0.3, -0.25) is 44.2 Å². The number of carbonyl (C=O) groups excluding carboxylic acids is 7. The van der Waals surface area contributed by atoms with Crippen LogP contribution < -0.4 is 72.0 Å². The van der Waals surface area contributed by atoms with Crippen LogP contribution in [0.25, 0.3) is 0 Å². The molecule has 2 atom stereocenters. The Hall–Kier alpha value is -3.27. The van der Waals surface area contributed by atoms with Crippen LogP contribution in [-0.4, -0.2) is 104 Å². The first-order chi connectivity index (χ1) is 24.5. The van der Waals surface area contributed by atoms with Gasteiger partial charge < -0.3 is 40.0 Å². The molecule has 5 N–H and O–H groups in total. The number of ether oxygens (including phenoxy) is 1. The molecule has 4 aliphatic rings. The van der Waals surface area contributed by atoms with Crippen molar-refractivity contribution in [3.05, 3.63) is 58.7 Å². The number of imide groups is 2. The maximum absolute atomic E-state index is 12.6. The number of aliphatic hydroxyl groups is 2. The number of hydrogen-bond acceptors (Lipinski definition) is 13. The monoisotopic (exact) mass is 816 g/mol. The number of alkyl halides is 1. The molecule has 0 bridgehead atoms.